The molecule has 1 unspecified atom stereocenters. The molecular weight excluding hydrogens is 352 g/mol. The van der Waals surface area contributed by atoms with E-state index in [-0.39, 0.29) is 18.2 Å². The van der Waals surface area contributed by atoms with Crippen molar-refractivity contribution in [2.75, 3.05) is 23.4 Å². The summed E-state index contributed by atoms with van der Waals surface area (Å²) in [6.07, 6.45) is -0.320. The Morgan fingerprint density at radius 3 is 2.57 bits per heavy atom. The van der Waals surface area contributed by atoms with Crippen LogP contribution < -0.4 is 14.5 Å². The number of hydrogen-bond donors (Lipinski definition) is 0. The van der Waals surface area contributed by atoms with E-state index in [2.05, 4.69) is 0 Å². The number of para-hydroxylation sites is 2. The summed E-state index contributed by atoms with van der Waals surface area (Å²) >= 11 is 0. The summed E-state index contributed by atoms with van der Waals surface area (Å²) in [5.74, 6) is 0.504. The highest BCUT2D eigenvalue weighted by Crippen LogP contribution is 2.33. The minimum atomic E-state index is -0.553. The second-order valence-corrected chi connectivity index (χ2v) is 6.95. The molecule has 1 atom stereocenters. The molecule has 0 N–H and O–H groups in total. The standard InChI is InChI=1S/C23H22N2O3/c1-16-23(27)25(20-9-5-6-10-21(20)28-16)14-13-22(26)24(2)19-12-11-17-7-3-4-8-18(17)15-19/h3-12,15-16H,13-14H2,1-2H3. The first kappa shape index (κ1) is 18.0. The zero-order chi connectivity index (χ0) is 19.7. The van der Waals surface area contributed by atoms with Gasteiger partial charge in [-0.3, -0.25) is 9.59 Å². The SMILES string of the molecule is CC1Oc2ccccc2N(CCC(=O)N(C)c2ccc3ccccc3c2)C1=O. The maximum Gasteiger partial charge on any atom is 0.267 e. The van der Waals surface area contributed by atoms with Crippen molar-refractivity contribution in [2.24, 2.45) is 0 Å². The maximum absolute atomic E-state index is 12.8. The smallest absolute Gasteiger partial charge is 0.267 e. The molecule has 5 heteroatoms. The van der Waals surface area contributed by atoms with Gasteiger partial charge in [-0.25, -0.2) is 0 Å². The minimum Gasteiger partial charge on any atom is -0.479 e. The molecule has 0 fully saturated rings. The largest absolute Gasteiger partial charge is 0.479 e. The quantitative estimate of drug-likeness (QED) is 0.693. The summed E-state index contributed by atoms with van der Waals surface area (Å²) in [6, 6.07) is 21.4. The molecule has 28 heavy (non-hydrogen) atoms. The van der Waals surface area contributed by atoms with Gasteiger partial charge in [-0.15, -0.1) is 0 Å². The van der Waals surface area contributed by atoms with Gasteiger partial charge in [-0.2, -0.15) is 0 Å². The van der Waals surface area contributed by atoms with Gasteiger partial charge in [0, 0.05) is 25.7 Å². The lowest BCUT2D eigenvalue weighted by Crippen LogP contribution is -2.45. The lowest BCUT2D eigenvalue weighted by Gasteiger charge is -2.33. The van der Waals surface area contributed by atoms with Crippen LogP contribution in [0.4, 0.5) is 11.4 Å². The van der Waals surface area contributed by atoms with Crippen LogP contribution in [0.1, 0.15) is 13.3 Å². The molecule has 0 bridgehead atoms. The molecule has 2 amide bonds. The number of carbonyl (C=O) groups excluding carboxylic acids is 2. The molecule has 142 valence electrons. The van der Waals surface area contributed by atoms with Crippen molar-refractivity contribution in [3.05, 3.63) is 66.7 Å². The molecule has 0 saturated heterocycles. The third-order valence-electron chi connectivity index (χ3n) is 5.12. The summed E-state index contributed by atoms with van der Waals surface area (Å²) in [5.41, 5.74) is 1.55. The fraction of sp³-hybridized carbons (Fsp3) is 0.217. The summed E-state index contributed by atoms with van der Waals surface area (Å²) < 4.78 is 5.65. The normalized spacial score (nSPS) is 15.9. The number of rotatable bonds is 4. The molecule has 5 nitrogen and oxygen atoms in total. The summed E-state index contributed by atoms with van der Waals surface area (Å²) in [4.78, 5) is 28.6. The molecule has 0 radical (unpaired) electrons. The first-order valence-corrected chi connectivity index (χ1v) is 9.37. The fourth-order valence-corrected chi connectivity index (χ4v) is 3.49. The van der Waals surface area contributed by atoms with Crippen LogP contribution in [0.15, 0.2) is 66.7 Å². The Hall–Kier alpha value is -3.34. The van der Waals surface area contributed by atoms with Crippen molar-refractivity contribution < 1.29 is 14.3 Å². The van der Waals surface area contributed by atoms with Crippen LogP contribution in [0.2, 0.25) is 0 Å². The number of carbonyl (C=O) groups is 2. The zero-order valence-electron chi connectivity index (χ0n) is 16.0. The predicted octanol–water partition coefficient (Wildman–Crippen LogP) is 4.01. The first-order valence-electron chi connectivity index (χ1n) is 9.37. The Labute approximate surface area is 164 Å². The van der Waals surface area contributed by atoms with Crippen molar-refractivity contribution >= 4 is 34.0 Å². The van der Waals surface area contributed by atoms with Gasteiger partial charge in [0.2, 0.25) is 5.91 Å². The zero-order valence-corrected chi connectivity index (χ0v) is 16.0. The van der Waals surface area contributed by atoms with Crippen LogP contribution in [-0.4, -0.2) is 31.5 Å². The van der Waals surface area contributed by atoms with Crippen LogP contribution in [0.3, 0.4) is 0 Å². The van der Waals surface area contributed by atoms with E-state index in [4.69, 9.17) is 4.74 Å². The van der Waals surface area contributed by atoms with Gasteiger partial charge in [0.15, 0.2) is 6.10 Å². The average Bonchev–Trinajstić information content (AvgIpc) is 2.73. The van der Waals surface area contributed by atoms with E-state index in [0.29, 0.717) is 18.0 Å². The van der Waals surface area contributed by atoms with Gasteiger partial charge in [-0.05, 0) is 42.0 Å². The van der Waals surface area contributed by atoms with Gasteiger partial charge in [0.25, 0.3) is 5.91 Å². The third-order valence-corrected chi connectivity index (χ3v) is 5.12. The lowest BCUT2D eigenvalue weighted by molar-refractivity contribution is -0.125. The molecule has 3 aromatic rings. The van der Waals surface area contributed by atoms with Crippen LogP contribution in [0, 0.1) is 0 Å². The first-order chi connectivity index (χ1) is 13.5. The monoisotopic (exact) mass is 374 g/mol. The molecule has 0 spiro atoms. The van der Waals surface area contributed by atoms with E-state index >= 15 is 0 Å². The third kappa shape index (κ3) is 3.31. The van der Waals surface area contributed by atoms with Gasteiger partial charge >= 0.3 is 0 Å². The van der Waals surface area contributed by atoms with Gasteiger partial charge in [-0.1, -0.05) is 42.5 Å². The van der Waals surface area contributed by atoms with Crippen molar-refractivity contribution in [2.45, 2.75) is 19.4 Å². The highest BCUT2D eigenvalue weighted by molar-refractivity contribution is 6.01. The molecule has 3 aromatic carbocycles. The molecule has 1 aliphatic rings. The van der Waals surface area contributed by atoms with E-state index < -0.39 is 6.10 Å². The highest BCUT2D eigenvalue weighted by Gasteiger charge is 2.31. The Balaban J connectivity index is 1.49. The van der Waals surface area contributed by atoms with Crippen molar-refractivity contribution in [3.8, 4) is 5.75 Å². The van der Waals surface area contributed by atoms with Crippen LogP contribution >= 0.6 is 0 Å². The molecule has 4 rings (SSSR count). The van der Waals surface area contributed by atoms with Crippen molar-refractivity contribution in [1.29, 1.82) is 0 Å². The Kier molecular flexibility index (Phi) is 4.74. The topological polar surface area (TPSA) is 49.9 Å². The van der Waals surface area contributed by atoms with Gasteiger partial charge in [0.1, 0.15) is 5.75 Å². The van der Waals surface area contributed by atoms with Crippen molar-refractivity contribution in [3.63, 3.8) is 0 Å². The number of benzene rings is 3. The number of amides is 2. The number of ether oxygens (including phenoxy) is 1. The number of hydrogen-bond acceptors (Lipinski definition) is 3. The van der Waals surface area contributed by atoms with Gasteiger partial charge < -0.3 is 14.5 Å². The summed E-state index contributed by atoms with van der Waals surface area (Å²) in [5, 5.41) is 2.22. The summed E-state index contributed by atoms with van der Waals surface area (Å²) in [7, 11) is 1.77. The second kappa shape index (κ2) is 7.35. The maximum atomic E-state index is 12.8. The van der Waals surface area contributed by atoms with E-state index in [0.717, 1.165) is 16.5 Å². The van der Waals surface area contributed by atoms with Crippen molar-refractivity contribution in [1.82, 2.24) is 0 Å². The fourth-order valence-electron chi connectivity index (χ4n) is 3.49. The number of anilines is 2. The highest BCUT2D eigenvalue weighted by atomic mass is 16.5. The second-order valence-electron chi connectivity index (χ2n) is 6.95. The Bertz CT molecular complexity index is 1050. The van der Waals surface area contributed by atoms with Crippen LogP contribution in [0.5, 0.6) is 5.75 Å². The van der Waals surface area contributed by atoms with E-state index in [1.807, 2.05) is 66.7 Å². The Morgan fingerprint density at radius 1 is 1.04 bits per heavy atom. The van der Waals surface area contributed by atoms with Crippen LogP contribution in [0.25, 0.3) is 10.8 Å². The van der Waals surface area contributed by atoms with E-state index in [9.17, 15) is 9.59 Å². The number of fused-ring (bicyclic) bond motifs is 2. The molecule has 0 aromatic heterocycles. The average molecular weight is 374 g/mol. The Morgan fingerprint density at radius 2 is 1.75 bits per heavy atom. The molecule has 1 aliphatic heterocycles. The molecule has 0 aliphatic carbocycles. The molecule has 0 saturated carbocycles. The number of nitrogens with zero attached hydrogens (tertiary/aromatic N) is 2. The van der Waals surface area contributed by atoms with E-state index in [1.165, 1.54) is 0 Å². The summed E-state index contributed by atoms with van der Waals surface area (Å²) in [6.45, 7) is 2.05. The predicted molar refractivity (Wildman–Crippen MR) is 111 cm³/mol. The van der Waals surface area contributed by atoms with Gasteiger partial charge in [0.05, 0.1) is 5.69 Å². The lowest BCUT2D eigenvalue weighted by atomic mass is 10.1. The molecule has 1 heterocycles. The van der Waals surface area contributed by atoms with Crippen LogP contribution in [-0.2, 0) is 9.59 Å². The molecular formula is C23H22N2O3. The minimum absolute atomic E-state index is 0.0419. The van der Waals surface area contributed by atoms with E-state index in [1.54, 1.807) is 23.8 Å².